The van der Waals surface area contributed by atoms with E-state index in [4.69, 9.17) is 9.84 Å². The van der Waals surface area contributed by atoms with Gasteiger partial charge in [0.1, 0.15) is 11.6 Å². The molecule has 0 unspecified atom stereocenters. The third kappa shape index (κ3) is 4.70. The molecule has 0 atom stereocenters. The number of nitrogens with one attached hydrogen (secondary N) is 1. The first-order valence-corrected chi connectivity index (χ1v) is 13.2. The second-order valence-corrected chi connectivity index (χ2v) is 10.6. The summed E-state index contributed by atoms with van der Waals surface area (Å²) in [5, 5.41) is 13.8. The number of ether oxygens (including phenoxy) is 1. The fourth-order valence-corrected chi connectivity index (χ4v) is 5.80. The number of hydrogen-bond donors (Lipinski definition) is 2. The van der Waals surface area contributed by atoms with E-state index in [1.54, 1.807) is 17.5 Å². The average Bonchev–Trinajstić information content (AvgIpc) is 3.09. The first kappa shape index (κ1) is 25.3. The van der Waals surface area contributed by atoms with Crippen LogP contribution in [-0.2, 0) is 16.4 Å². The highest BCUT2D eigenvalue weighted by Crippen LogP contribution is 2.32. The van der Waals surface area contributed by atoms with Crippen LogP contribution in [-0.4, -0.2) is 88.2 Å². The number of aryl methyl sites for hydroxylation is 2. The molecule has 1 aliphatic rings. The van der Waals surface area contributed by atoms with Crippen molar-refractivity contribution in [3.63, 3.8) is 0 Å². The third-order valence-electron chi connectivity index (χ3n) is 6.26. The van der Waals surface area contributed by atoms with Crippen molar-refractivity contribution in [3.8, 4) is 17.1 Å². The maximum Gasteiger partial charge on any atom is 0.277 e. The van der Waals surface area contributed by atoms with Gasteiger partial charge in [0.2, 0.25) is 10.0 Å². The minimum absolute atomic E-state index is 0.0218. The molecule has 12 heteroatoms. The number of likely N-dealkylation sites (N-methyl/N-ethyl adjacent to an activating group) is 1. The lowest BCUT2D eigenvalue weighted by atomic mass is 10.1. The summed E-state index contributed by atoms with van der Waals surface area (Å²) in [6.45, 7) is 7.18. The summed E-state index contributed by atoms with van der Waals surface area (Å²) < 4.78 is 35.3. The molecule has 2 aromatic heterocycles. The van der Waals surface area contributed by atoms with Gasteiger partial charge in [-0.25, -0.2) is 17.9 Å². The van der Waals surface area contributed by atoms with Gasteiger partial charge < -0.3 is 14.8 Å². The van der Waals surface area contributed by atoms with E-state index in [-0.39, 0.29) is 28.9 Å². The van der Waals surface area contributed by atoms with Crippen molar-refractivity contribution < 1.29 is 18.3 Å². The van der Waals surface area contributed by atoms with E-state index in [2.05, 4.69) is 15.1 Å². The van der Waals surface area contributed by atoms with Crippen LogP contribution in [0.5, 0.6) is 5.75 Å². The van der Waals surface area contributed by atoms with Crippen molar-refractivity contribution in [2.75, 3.05) is 39.9 Å². The number of nitrogens with zero attached hydrogens (tertiary/aromatic N) is 5. The summed E-state index contributed by atoms with van der Waals surface area (Å²) in [5.41, 5.74) is 0.997. The molecule has 0 spiro atoms. The highest BCUT2D eigenvalue weighted by molar-refractivity contribution is 7.89. The fraction of sp³-hybridized carbons (Fsp3) is 0.522. The number of fused-ring (bicyclic) bond motifs is 1. The fourth-order valence-electron chi connectivity index (χ4n) is 4.26. The number of hydrogen-bond acceptors (Lipinski definition) is 8. The van der Waals surface area contributed by atoms with Crippen LogP contribution in [0.25, 0.3) is 16.9 Å². The lowest BCUT2D eigenvalue weighted by Crippen LogP contribution is -2.60. The number of benzene rings is 1. The van der Waals surface area contributed by atoms with E-state index in [9.17, 15) is 13.2 Å². The Morgan fingerprint density at radius 1 is 1.29 bits per heavy atom. The van der Waals surface area contributed by atoms with Crippen LogP contribution in [0.15, 0.2) is 27.9 Å². The number of rotatable bonds is 10. The molecule has 1 fully saturated rings. The summed E-state index contributed by atoms with van der Waals surface area (Å²) in [5.74, 6) is 1.31. The molecule has 3 heterocycles. The predicted octanol–water partition coefficient (Wildman–Crippen LogP) is 1.04. The van der Waals surface area contributed by atoms with Crippen LogP contribution in [0.3, 0.4) is 0 Å². The molecule has 0 saturated carbocycles. The molecular weight excluding hydrogens is 472 g/mol. The van der Waals surface area contributed by atoms with Crippen molar-refractivity contribution in [1.29, 1.82) is 0 Å². The highest BCUT2D eigenvalue weighted by atomic mass is 32.2. The Labute approximate surface area is 204 Å². The zero-order chi connectivity index (χ0) is 25.3. The number of aliphatic hydroxyl groups is 1. The second kappa shape index (κ2) is 10.1. The van der Waals surface area contributed by atoms with E-state index in [0.29, 0.717) is 61.0 Å². The van der Waals surface area contributed by atoms with Crippen LogP contribution < -0.4 is 10.3 Å². The molecule has 0 aliphatic carbocycles. The van der Waals surface area contributed by atoms with E-state index < -0.39 is 10.0 Å². The monoisotopic (exact) mass is 504 g/mol. The Kier molecular flexibility index (Phi) is 7.27. The van der Waals surface area contributed by atoms with Gasteiger partial charge in [-0.1, -0.05) is 6.92 Å². The molecule has 35 heavy (non-hydrogen) atoms. The van der Waals surface area contributed by atoms with Crippen molar-refractivity contribution >= 4 is 15.5 Å². The Hall–Kier alpha value is -2.80. The zero-order valence-corrected chi connectivity index (χ0v) is 21.3. The van der Waals surface area contributed by atoms with Crippen molar-refractivity contribution in [3.05, 3.63) is 40.1 Å². The van der Waals surface area contributed by atoms with E-state index in [1.165, 1.54) is 16.4 Å². The van der Waals surface area contributed by atoms with Gasteiger partial charge in [-0.2, -0.15) is 4.31 Å². The highest BCUT2D eigenvalue weighted by Gasteiger charge is 2.38. The molecule has 0 radical (unpaired) electrons. The van der Waals surface area contributed by atoms with Crippen molar-refractivity contribution in [2.45, 2.75) is 44.6 Å². The Bertz CT molecular complexity index is 1380. The number of sulfonamides is 1. The van der Waals surface area contributed by atoms with Gasteiger partial charge in [0.15, 0.2) is 11.3 Å². The minimum atomic E-state index is -3.76. The van der Waals surface area contributed by atoms with Gasteiger partial charge in [-0.3, -0.25) is 9.69 Å². The number of aromatic nitrogens is 4. The molecular formula is C23H32N6O5S. The summed E-state index contributed by atoms with van der Waals surface area (Å²) in [7, 11) is -1.90. The molecule has 1 saturated heterocycles. The average molecular weight is 505 g/mol. The van der Waals surface area contributed by atoms with E-state index in [0.717, 1.165) is 6.42 Å². The lowest BCUT2D eigenvalue weighted by molar-refractivity contribution is 0.0933. The van der Waals surface area contributed by atoms with Crippen LogP contribution in [0.2, 0.25) is 0 Å². The Balaban J connectivity index is 1.75. The maximum absolute atomic E-state index is 13.3. The van der Waals surface area contributed by atoms with Crippen molar-refractivity contribution in [1.82, 2.24) is 28.8 Å². The Morgan fingerprint density at radius 2 is 2.03 bits per heavy atom. The normalized spacial score (nSPS) is 15.1. The summed E-state index contributed by atoms with van der Waals surface area (Å²) in [6.07, 6.45) is 1.49. The van der Waals surface area contributed by atoms with E-state index >= 15 is 0 Å². The van der Waals surface area contributed by atoms with Gasteiger partial charge in [0.25, 0.3) is 5.56 Å². The smallest absolute Gasteiger partial charge is 0.277 e. The van der Waals surface area contributed by atoms with Gasteiger partial charge in [0, 0.05) is 32.1 Å². The molecule has 190 valence electrons. The largest absolute Gasteiger partial charge is 0.493 e. The summed E-state index contributed by atoms with van der Waals surface area (Å²) in [6, 6.07) is 4.66. The topological polar surface area (TPSA) is 133 Å². The molecule has 0 amide bonds. The number of aromatic amines is 1. The quantitative estimate of drug-likeness (QED) is 0.419. The maximum atomic E-state index is 13.3. The van der Waals surface area contributed by atoms with Crippen LogP contribution in [0.4, 0.5) is 0 Å². The molecule has 0 bridgehead atoms. The first-order valence-electron chi connectivity index (χ1n) is 11.8. The molecule has 1 aliphatic heterocycles. The zero-order valence-electron chi connectivity index (χ0n) is 20.5. The summed E-state index contributed by atoms with van der Waals surface area (Å²) in [4.78, 5) is 22.3. The number of imidazole rings is 1. The minimum Gasteiger partial charge on any atom is -0.493 e. The van der Waals surface area contributed by atoms with Crippen LogP contribution in [0.1, 0.15) is 31.8 Å². The molecule has 11 nitrogen and oxygen atoms in total. The van der Waals surface area contributed by atoms with Gasteiger partial charge in [-0.15, -0.1) is 5.10 Å². The summed E-state index contributed by atoms with van der Waals surface area (Å²) >= 11 is 0. The SMILES string of the molecule is CCCc1nc(C)c2c(=O)[nH]c(-c3cc(S(=O)(=O)N4CC(N(C)CCO)C4)ccc3OCC)nn12. The number of aliphatic hydroxyl groups excluding tert-OH is 1. The first-order chi connectivity index (χ1) is 16.7. The second-order valence-electron chi connectivity index (χ2n) is 8.70. The number of H-pyrrole nitrogens is 1. The van der Waals surface area contributed by atoms with Crippen molar-refractivity contribution in [2.24, 2.45) is 0 Å². The standard InChI is InChI=1S/C23H32N6O5S/c1-5-7-20-24-15(3)21-23(31)25-22(26-29(20)21)18-12-17(8-9-19(18)34-6-2)35(32,33)28-13-16(14-28)27(4)10-11-30/h8-9,12,16,30H,5-7,10-11,13-14H2,1-4H3,(H,25,26,31). The van der Waals surface area contributed by atoms with Crippen LogP contribution >= 0.6 is 0 Å². The van der Waals surface area contributed by atoms with Gasteiger partial charge >= 0.3 is 0 Å². The predicted molar refractivity (Wildman–Crippen MR) is 131 cm³/mol. The third-order valence-corrected chi connectivity index (χ3v) is 8.09. The van der Waals surface area contributed by atoms with E-state index in [1.807, 2.05) is 25.8 Å². The molecule has 4 rings (SSSR count). The Morgan fingerprint density at radius 3 is 2.69 bits per heavy atom. The molecule has 3 aromatic rings. The van der Waals surface area contributed by atoms with Crippen LogP contribution in [0, 0.1) is 6.92 Å². The molecule has 2 N–H and O–H groups in total. The van der Waals surface area contributed by atoms with Gasteiger partial charge in [0.05, 0.1) is 29.4 Å². The molecule has 1 aromatic carbocycles. The lowest BCUT2D eigenvalue weighted by Gasteiger charge is -2.42. The van der Waals surface area contributed by atoms with Gasteiger partial charge in [-0.05, 0) is 45.5 Å².